The van der Waals surface area contributed by atoms with E-state index in [1.807, 2.05) is 0 Å². The molecular formula is C21H14Cl3F3N2O3S. The first-order valence-corrected chi connectivity index (χ1v) is 11.7. The molecule has 174 valence electrons. The van der Waals surface area contributed by atoms with E-state index in [2.05, 4.69) is 5.32 Å². The quantitative estimate of drug-likeness (QED) is 0.390. The number of sulfonamides is 1. The van der Waals surface area contributed by atoms with Gasteiger partial charge in [0.15, 0.2) is 0 Å². The minimum absolute atomic E-state index is 0.0350. The number of anilines is 2. The van der Waals surface area contributed by atoms with Crippen LogP contribution in [-0.2, 0) is 21.0 Å². The van der Waals surface area contributed by atoms with Crippen molar-refractivity contribution in [3.63, 3.8) is 0 Å². The molecule has 0 radical (unpaired) electrons. The van der Waals surface area contributed by atoms with Gasteiger partial charge in [-0.3, -0.25) is 9.10 Å². The normalized spacial score (nSPS) is 11.8. The molecular weight excluding hydrogens is 524 g/mol. The van der Waals surface area contributed by atoms with Gasteiger partial charge in [-0.15, -0.1) is 0 Å². The highest BCUT2D eigenvalue weighted by atomic mass is 35.5. The molecule has 5 nitrogen and oxygen atoms in total. The minimum atomic E-state index is -4.74. The summed E-state index contributed by atoms with van der Waals surface area (Å²) in [5, 5.41) is 1.92. The summed E-state index contributed by atoms with van der Waals surface area (Å²) in [6.45, 7) is -0.775. The van der Waals surface area contributed by atoms with Gasteiger partial charge >= 0.3 is 6.18 Å². The van der Waals surface area contributed by atoms with Crippen LogP contribution in [0.2, 0.25) is 15.1 Å². The number of hydrogen-bond donors (Lipinski definition) is 1. The molecule has 12 heteroatoms. The van der Waals surface area contributed by atoms with Gasteiger partial charge in [-0.25, -0.2) is 8.42 Å². The highest BCUT2D eigenvalue weighted by Crippen LogP contribution is 2.36. The summed E-state index contributed by atoms with van der Waals surface area (Å²) in [7, 11) is -4.27. The second-order valence-electron chi connectivity index (χ2n) is 6.66. The molecule has 0 spiro atoms. The van der Waals surface area contributed by atoms with Crippen LogP contribution in [0.15, 0.2) is 71.6 Å². The molecule has 1 N–H and O–H groups in total. The van der Waals surface area contributed by atoms with E-state index in [-0.39, 0.29) is 26.3 Å². The average Bonchev–Trinajstić information content (AvgIpc) is 2.73. The van der Waals surface area contributed by atoms with Gasteiger partial charge in [0.2, 0.25) is 5.91 Å². The molecule has 3 aromatic carbocycles. The van der Waals surface area contributed by atoms with Crippen molar-refractivity contribution in [3.05, 3.63) is 87.4 Å². The van der Waals surface area contributed by atoms with Crippen LogP contribution in [0.3, 0.4) is 0 Å². The Hall–Kier alpha value is -2.46. The van der Waals surface area contributed by atoms with Gasteiger partial charge in [-0.1, -0.05) is 53.0 Å². The molecule has 0 aromatic heterocycles. The second kappa shape index (κ2) is 9.80. The smallest absolute Gasteiger partial charge is 0.324 e. The maximum atomic E-state index is 13.3. The van der Waals surface area contributed by atoms with Crippen LogP contribution in [0.25, 0.3) is 0 Å². The van der Waals surface area contributed by atoms with Gasteiger partial charge in [0.05, 0.1) is 26.2 Å². The molecule has 0 fully saturated rings. The molecule has 0 saturated heterocycles. The van der Waals surface area contributed by atoms with Crippen LogP contribution in [0, 0.1) is 0 Å². The Balaban J connectivity index is 1.97. The first kappa shape index (κ1) is 25.2. The lowest BCUT2D eigenvalue weighted by atomic mass is 10.2. The van der Waals surface area contributed by atoms with E-state index in [4.69, 9.17) is 34.8 Å². The number of nitrogens with one attached hydrogen (secondary N) is 1. The summed E-state index contributed by atoms with van der Waals surface area (Å²) >= 11 is 17.7. The molecule has 0 heterocycles. The van der Waals surface area contributed by atoms with Gasteiger partial charge in [0, 0.05) is 10.7 Å². The van der Waals surface area contributed by atoms with Gasteiger partial charge < -0.3 is 5.32 Å². The van der Waals surface area contributed by atoms with Crippen molar-refractivity contribution in [1.29, 1.82) is 0 Å². The third-order valence-electron chi connectivity index (χ3n) is 4.35. The molecule has 0 aliphatic carbocycles. The molecule has 0 aliphatic rings. The standard InChI is InChI=1S/C21H14Cl3F3N2O3S/c22-13-6-9-19(18(24)10-13)29(33(31,32)15-4-2-1-3-5-15)12-20(30)28-14-7-8-17(23)16(11-14)21(25,26)27/h1-11H,12H2,(H,28,30). The zero-order chi connectivity index (χ0) is 24.4. The summed E-state index contributed by atoms with van der Waals surface area (Å²) in [5.41, 5.74) is -1.39. The van der Waals surface area contributed by atoms with Crippen molar-refractivity contribution in [2.24, 2.45) is 0 Å². The second-order valence-corrected chi connectivity index (χ2v) is 9.77. The van der Waals surface area contributed by atoms with Crippen molar-refractivity contribution in [2.75, 3.05) is 16.2 Å². The Morgan fingerprint density at radius 2 is 1.58 bits per heavy atom. The number of rotatable bonds is 6. The fourth-order valence-electron chi connectivity index (χ4n) is 2.85. The topological polar surface area (TPSA) is 66.5 Å². The van der Waals surface area contributed by atoms with E-state index < -0.39 is 39.2 Å². The first-order chi connectivity index (χ1) is 15.4. The van der Waals surface area contributed by atoms with Crippen molar-refractivity contribution < 1.29 is 26.4 Å². The van der Waals surface area contributed by atoms with Crippen LogP contribution in [0.5, 0.6) is 0 Å². The van der Waals surface area contributed by atoms with Gasteiger partial charge in [-0.05, 0) is 48.5 Å². The number of halogens is 6. The molecule has 0 unspecified atom stereocenters. The van der Waals surface area contributed by atoms with Crippen LogP contribution < -0.4 is 9.62 Å². The summed E-state index contributed by atoms with van der Waals surface area (Å²) in [4.78, 5) is 12.6. The lowest BCUT2D eigenvalue weighted by Crippen LogP contribution is -2.38. The zero-order valence-electron chi connectivity index (χ0n) is 16.4. The number of carbonyl (C=O) groups excluding carboxylic acids is 1. The predicted molar refractivity (Wildman–Crippen MR) is 123 cm³/mol. The maximum Gasteiger partial charge on any atom is 0.417 e. The maximum absolute atomic E-state index is 13.3. The third kappa shape index (κ3) is 5.92. The molecule has 1 amide bonds. The Bertz CT molecular complexity index is 1290. The zero-order valence-corrected chi connectivity index (χ0v) is 19.5. The number of benzene rings is 3. The van der Waals surface area contributed by atoms with Crippen molar-refractivity contribution in [3.8, 4) is 0 Å². The van der Waals surface area contributed by atoms with E-state index in [1.165, 1.54) is 48.5 Å². The Morgan fingerprint density at radius 3 is 2.18 bits per heavy atom. The Morgan fingerprint density at radius 1 is 0.909 bits per heavy atom. The highest BCUT2D eigenvalue weighted by Gasteiger charge is 2.34. The lowest BCUT2D eigenvalue weighted by molar-refractivity contribution is -0.137. The van der Waals surface area contributed by atoms with Crippen molar-refractivity contribution in [2.45, 2.75) is 11.1 Å². The Kier molecular flexibility index (Phi) is 7.48. The first-order valence-electron chi connectivity index (χ1n) is 9.09. The predicted octanol–water partition coefficient (Wildman–Crippen LogP) is 6.50. The molecule has 0 saturated carbocycles. The van der Waals surface area contributed by atoms with Gasteiger partial charge in [-0.2, -0.15) is 13.2 Å². The molecule has 3 aromatic rings. The number of hydrogen-bond acceptors (Lipinski definition) is 3. The molecule has 3 rings (SSSR count). The lowest BCUT2D eigenvalue weighted by Gasteiger charge is -2.25. The summed E-state index contributed by atoms with van der Waals surface area (Å²) in [6, 6.07) is 14.1. The van der Waals surface area contributed by atoms with E-state index in [9.17, 15) is 26.4 Å². The van der Waals surface area contributed by atoms with Crippen LogP contribution in [0.4, 0.5) is 24.5 Å². The molecule has 0 bridgehead atoms. The van der Waals surface area contributed by atoms with Crippen molar-refractivity contribution in [1.82, 2.24) is 0 Å². The fourth-order valence-corrected chi connectivity index (χ4v) is 5.10. The molecule has 0 aliphatic heterocycles. The monoisotopic (exact) mass is 536 g/mol. The van der Waals surface area contributed by atoms with Crippen LogP contribution >= 0.6 is 34.8 Å². The average molecular weight is 538 g/mol. The van der Waals surface area contributed by atoms with Crippen LogP contribution in [-0.4, -0.2) is 20.9 Å². The van der Waals surface area contributed by atoms with E-state index in [1.54, 1.807) is 6.07 Å². The van der Waals surface area contributed by atoms with E-state index >= 15 is 0 Å². The summed E-state index contributed by atoms with van der Waals surface area (Å²) in [6.07, 6.45) is -4.74. The number of alkyl halides is 3. The van der Waals surface area contributed by atoms with E-state index in [0.717, 1.165) is 10.4 Å². The summed E-state index contributed by atoms with van der Waals surface area (Å²) < 4.78 is 66.6. The number of carbonyl (C=O) groups is 1. The third-order valence-corrected chi connectivity index (χ3v) is 6.99. The summed E-state index contributed by atoms with van der Waals surface area (Å²) in [5.74, 6) is -0.907. The highest BCUT2D eigenvalue weighted by molar-refractivity contribution is 7.92. The Labute approximate surface area is 202 Å². The minimum Gasteiger partial charge on any atom is -0.324 e. The number of nitrogens with zero attached hydrogens (tertiary/aromatic N) is 1. The number of amides is 1. The largest absolute Gasteiger partial charge is 0.417 e. The van der Waals surface area contributed by atoms with Crippen molar-refractivity contribution >= 4 is 62.1 Å². The van der Waals surface area contributed by atoms with E-state index in [0.29, 0.717) is 6.07 Å². The molecule has 0 atom stereocenters. The molecule has 33 heavy (non-hydrogen) atoms. The van der Waals surface area contributed by atoms with Gasteiger partial charge in [0.25, 0.3) is 10.0 Å². The fraction of sp³-hybridized carbons (Fsp3) is 0.0952. The van der Waals surface area contributed by atoms with Crippen LogP contribution in [0.1, 0.15) is 5.56 Å². The SMILES string of the molecule is O=C(CN(c1ccc(Cl)cc1Cl)S(=O)(=O)c1ccccc1)Nc1ccc(Cl)c(C(F)(F)F)c1. The van der Waals surface area contributed by atoms with Gasteiger partial charge in [0.1, 0.15) is 6.54 Å².